The first-order valence-electron chi connectivity index (χ1n) is 7.12. The molecule has 2 rings (SSSR count). The van der Waals surface area contributed by atoms with Crippen molar-refractivity contribution in [2.45, 2.75) is 64.9 Å². The zero-order chi connectivity index (χ0) is 13.4. The fraction of sp³-hybridized carbons (Fsp3) is 0.750. The first-order chi connectivity index (χ1) is 8.31. The van der Waals surface area contributed by atoms with Crippen molar-refractivity contribution in [3.63, 3.8) is 0 Å². The fourth-order valence-corrected chi connectivity index (χ4v) is 3.03. The Labute approximate surface area is 110 Å². The van der Waals surface area contributed by atoms with Gasteiger partial charge in [-0.1, -0.05) is 46.1 Å². The second-order valence-corrected chi connectivity index (χ2v) is 6.98. The molecule has 1 fully saturated rings. The zero-order valence-corrected chi connectivity index (χ0v) is 11.8. The maximum Gasteiger partial charge on any atom is 0.101 e. The van der Waals surface area contributed by atoms with E-state index in [1.807, 2.05) is 0 Å². The summed E-state index contributed by atoms with van der Waals surface area (Å²) < 4.78 is 13.8. The van der Waals surface area contributed by atoms with E-state index < -0.39 is 5.60 Å². The lowest BCUT2D eigenvalue weighted by atomic mass is 9.71. The van der Waals surface area contributed by atoms with Crippen molar-refractivity contribution in [2.24, 2.45) is 11.3 Å². The Hall–Kier alpha value is -0.630. The summed E-state index contributed by atoms with van der Waals surface area (Å²) in [4.78, 5) is 0. The van der Waals surface area contributed by atoms with E-state index in [-0.39, 0.29) is 17.2 Å². The van der Waals surface area contributed by atoms with Crippen molar-refractivity contribution < 1.29 is 9.50 Å². The second kappa shape index (κ2) is 4.80. The Morgan fingerprint density at radius 2 is 1.83 bits per heavy atom. The molecule has 0 aromatic heterocycles. The van der Waals surface area contributed by atoms with Gasteiger partial charge in [-0.25, -0.2) is 4.39 Å². The molecular weight excluding hydrogens is 227 g/mol. The van der Waals surface area contributed by atoms with Gasteiger partial charge < -0.3 is 5.11 Å². The summed E-state index contributed by atoms with van der Waals surface area (Å²) in [6.07, 6.45) is 9.00. The van der Waals surface area contributed by atoms with Gasteiger partial charge in [0.2, 0.25) is 0 Å². The third-order valence-electron chi connectivity index (χ3n) is 4.44. The van der Waals surface area contributed by atoms with E-state index in [2.05, 4.69) is 26.8 Å². The van der Waals surface area contributed by atoms with Gasteiger partial charge in [-0.15, -0.1) is 0 Å². The predicted molar refractivity (Wildman–Crippen MR) is 72.9 cm³/mol. The molecule has 1 nitrogen and oxygen atoms in total. The molecule has 0 saturated heterocycles. The van der Waals surface area contributed by atoms with Crippen molar-refractivity contribution in [1.29, 1.82) is 0 Å². The van der Waals surface area contributed by atoms with Crippen molar-refractivity contribution in [3.05, 3.63) is 23.6 Å². The molecule has 1 N–H and O–H groups in total. The number of rotatable bonds is 1. The lowest BCUT2D eigenvalue weighted by molar-refractivity contribution is 0.0407. The zero-order valence-electron chi connectivity index (χ0n) is 11.8. The lowest BCUT2D eigenvalue weighted by Gasteiger charge is -2.38. The number of hydrogen-bond donors (Lipinski definition) is 1. The van der Waals surface area contributed by atoms with Crippen LogP contribution in [0.5, 0.6) is 0 Å². The SMILES string of the molecule is CC(C)(C)C1C=C(C2(O)CCCCC2)C=C(F)C1. The Bertz CT molecular complexity index is 367. The topological polar surface area (TPSA) is 20.2 Å². The maximum atomic E-state index is 13.8. The van der Waals surface area contributed by atoms with Crippen LogP contribution in [0.3, 0.4) is 0 Å². The molecule has 18 heavy (non-hydrogen) atoms. The molecule has 2 aliphatic rings. The Morgan fingerprint density at radius 3 is 2.39 bits per heavy atom. The maximum absolute atomic E-state index is 13.8. The first-order valence-corrected chi connectivity index (χ1v) is 7.12. The molecular formula is C16H25FO. The lowest BCUT2D eigenvalue weighted by Crippen LogP contribution is -2.35. The van der Waals surface area contributed by atoms with Crippen LogP contribution in [0.15, 0.2) is 23.6 Å². The number of aliphatic hydroxyl groups is 1. The van der Waals surface area contributed by atoms with E-state index in [4.69, 9.17) is 0 Å². The van der Waals surface area contributed by atoms with Gasteiger partial charge >= 0.3 is 0 Å². The summed E-state index contributed by atoms with van der Waals surface area (Å²) in [6, 6.07) is 0. The van der Waals surface area contributed by atoms with Crippen LogP contribution in [-0.2, 0) is 0 Å². The summed E-state index contributed by atoms with van der Waals surface area (Å²) in [7, 11) is 0. The number of halogens is 1. The minimum absolute atomic E-state index is 0.0435. The van der Waals surface area contributed by atoms with E-state index >= 15 is 0 Å². The molecule has 0 bridgehead atoms. The van der Waals surface area contributed by atoms with Gasteiger partial charge in [0.1, 0.15) is 5.83 Å². The summed E-state index contributed by atoms with van der Waals surface area (Å²) in [5.74, 6) is 0.106. The van der Waals surface area contributed by atoms with E-state index in [1.165, 1.54) is 6.42 Å². The Morgan fingerprint density at radius 1 is 1.22 bits per heavy atom. The molecule has 1 unspecified atom stereocenters. The molecule has 0 aromatic rings. The van der Waals surface area contributed by atoms with Crippen LogP contribution in [0, 0.1) is 11.3 Å². The van der Waals surface area contributed by atoms with Crippen molar-refractivity contribution in [3.8, 4) is 0 Å². The molecule has 2 aliphatic carbocycles. The third-order valence-corrected chi connectivity index (χ3v) is 4.44. The van der Waals surface area contributed by atoms with Crippen molar-refractivity contribution in [2.75, 3.05) is 0 Å². The first kappa shape index (κ1) is 13.8. The molecule has 102 valence electrons. The summed E-state index contributed by atoms with van der Waals surface area (Å²) in [5.41, 5.74) is 0.0901. The highest BCUT2D eigenvalue weighted by Crippen LogP contribution is 2.42. The van der Waals surface area contributed by atoms with Crippen LogP contribution in [-0.4, -0.2) is 10.7 Å². The van der Waals surface area contributed by atoms with Gasteiger partial charge in [0.05, 0.1) is 5.60 Å². The highest BCUT2D eigenvalue weighted by Gasteiger charge is 2.36. The molecule has 2 heteroatoms. The second-order valence-electron chi connectivity index (χ2n) is 6.98. The van der Waals surface area contributed by atoms with Crippen LogP contribution in [0.4, 0.5) is 4.39 Å². The molecule has 1 atom stereocenters. The fourth-order valence-electron chi connectivity index (χ4n) is 3.03. The van der Waals surface area contributed by atoms with E-state index in [0.29, 0.717) is 6.42 Å². The Kier molecular flexibility index (Phi) is 3.68. The van der Waals surface area contributed by atoms with Gasteiger partial charge in [-0.3, -0.25) is 0 Å². The standard InChI is InChI=1S/C16H25FO/c1-15(2,3)12-9-13(11-14(17)10-12)16(18)7-5-4-6-8-16/h9,11-12,18H,4-8,10H2,1-3H3. The highest BCUT2D eigenvalue weighted by molar-refractivity contribution is 5.35. The normalized spacial score (nSPS) is 28.6. The monoisotopic (exact) mass is 252 g/mol. The van der Waals surface area contributed by atoms with Crippen LogP contribution in [0.25, 0.3) is 0 Å². The van der Waals surface area contributed by atoms with E-state index in [1.54, 1.807) is 6.08 Å². The number of allylic oxidation sites excluding steroid dienone is 2. The average Bonchev–Trinajstić information content (AvgIpc) is 2.28. The predicted octanol–water partition coefficient (Wildman–Crippen LogP) is 4.53. The van der Waals surface area contributed by atoms with E-state index in [0.717, 1.165) is 31.3 Å². The van der Waals surface area contributed by atoms with Crippen molar-refractivity contribution in [1.82, 2.24) is 0 Å². The van der Waals surface area contributed by atoms with Gasteiger partial charge in [0.25, 0.3) is 0 Å². The molecule has 0 radical (unpaired) electrons. The Balaban J connectivity index is 2.27. The summed E-state index contributed by atoms with van der Waals surface area (Å²) in [6.45, 7) is 6.40. The molecule has 0 aliphatic heterocycles. The molecule has 0 aromatic carbocycles. The van der Waals surface area contributed by atoms with Gasteiger partial charge in [-0.2, -0.15) is 0 Å². The molecule has 0 heterocycles. The molecule has 0 spiro atoms. The van der Waals surface area contributed by atoms with Crippen LogP contribution in [0.1, 0.15) is 59.3 Å². The molecule has 0 amide bonds. The summed E-state index contributed by atoms with van der Waals surface area (Å²) >= 11 is 0. The summed E-state index contributed by atoms with van der Waals surface area (Å²) in [5, 5.41) is 10.7. The van der Waals surface area contributed by atoms with Crippen LogP contribution < -0.4 is 0 Å². The van der Waals surface area contributed by atoms with Crippen molar-refractivity contribution >= 4 is 0 Å². The quantitative estimate of drug-likeness (QED) is 0.727. The largest absolute Gasteiger partial charge is 0.385 e. The minimum atomic E-state index is -0.778. The minimum Gasteiger partial charge on any atom is -0.385 e. The van der Waals surface area contributed by atoms with Crippen LogP contribution >= 0.6 is 0 Å². The highest BCUT2D eigenvalue weighted by atomic mass is 19.1. The average molecular weight is 252 g/mol. The molecule has 1 saturated carbocycles. The third kappa shape index (κ3) is 2.85. The van der Waals surface area contributed by atoms with Gasteiger partial charge in [0.15, 0.2) is 0 Å². The smallest absolute Gasteiger partial charge is 0.101 e. The number of hydrogen-bond acceptors (Lipinski definition) is 1. The van der Waals surface area contributed by atoms with E-state index in [9.17, 15) is 9.50 Å². The van der Waals surface area contributed by atoms with Crippen LogP contribution in [0.2, 0.25) is 0 Å². The van der Waals surface area contributed by atoms with Gasteiger partial charge in [-0.05, 0) is 35.8 Å². The van der Waals surface area contributed by atoms with Gasteiger partial charge in [0, 0.05) is 6.42 Å².